The number of hydrogen-bond donors (Lipinski definition) is 1. The summed E-state index contributed by atoms with van der Waals surface area (Å²) in [6.45, 7) is 3.44. The van der Waals surface area contributed by atoms with Crippen molar-refractivity contribution < 1.29 is 9.59 Å². The van der Waals surface area contributed by atoms with Crippen LogP contribution in [-0.2, 0) is 9.59 Å². The molecule has 3 nitrogen and oxygen atoms in total. The Morgan fingerprint density at radius 2 is 1.62 bits per heavy atom. The molecule has 0 aliphatic rings. The van der Waals surface area contributed by atoms with Gasteiger partial charge in [0.05, 0.1) is 0 Å². The third-order valence-corrected chi connectivity index (χ3v) is 4.25. The number of para-hydroxylation sites is 1. The van der Waals surface area contributed by atoms with E-state index in [1.54, 1.807) is 12.1 Å². The lowest BCUT2D eigenvalue weighted by molar-refractivity contribution is -0.123. The molecule has 0 aromatic heterocycles. The van der Waals surface area contributed by atoms with Crippen LogP contribution in [0.25, 0.3) is 0 Å². The first-order chi connectivity index (χ1) is 10.1. The lowest BCUT2D eigenvalue weighted by Crippen LogP contribution is -2.30. The van der Waals surface area contributed by atoms with Gasteiger partial charge in [0.15, 0.2) is 5.78 Å². The molecule has 108 valence electrons. The van der Waals surface area contributed by atoms with Crippen LogP contribution in [0, 0.1) is 6.92 Å². The van der Waals surface area contributed by atoms with Gasteiger partial charge in [-0.3, -0.25) is 9.59 Å². The van der Waals surface area contributed by atoms with E-state index in [0.29, 0.717) is 5.69 Å². The lowest BCUT2D eigenvalue weighted by atomic mass is 10.2. The van der Waals surface area contributed by atoms with Crippen LogP contribution in [0.4, 0.5) is 5.69 Å². The van der Waals surface area contributed by atoms with Crippen molar-refractivity contribution in [2.24, 2.45) is 0 Å². The second-order valence-electron chi connectivity index (χ2n) is 4.78. The highest BCUT2D eigenvalue weighted by Gasteiger charge is 2.24. The van der Waals surface area contributed by atoms with Crippen LogP contribution < -0.4 is 5.32 Å². The maximum atomic E-state index is 12.3. The number of thioether (sulfide) groups is 1. The van der Waals surface area contributed by atoms with Crippen LogP contribution >= 0.6 is 11.8 Å². The summed E-state index contributed by atoms with van der Waals surface area (Å²) >= 11 is 1.27. The Hall–Kier alpha value is -2.07. The van der Waals surface area contributed by atoms with E-state index in [9.17, 15) is 9.59 Å². The van der Waals surface area contributed by atoms with Crippen molar-refractivity contribution in [2.45, 2.75) is 24.0 Å². The molecule has 2 aromatic carbocycles. The molecule has 0 saturated heterocycles. The summed E-state index contributed by atoms with van der Waals surface area (Å²) in [6.07, 6.45) is 0. The second-order valence-corrected chi connectivity index (χ2v) is 5.96. The van der Waals surface area contributed by atoms with Gasteiger partial charge in [-0.1, -0.05) is 35.9 Å². The molecule has 2 aromatic rings. The van der Waals surface area contributed by atoms with Crippen LogP contribution in [0.1, 0.15) is 12.5 Å². The summed E-state index contributed by atoms with van der Waals surface area (Å²) in [6, 6.07) is 16.9. The maximum absolute atomic E-state index is 12.3. The van der Waals surface area contributed by atoms with E-state index in [2.05, 4.69) is 5.32 Å². The molecule has 0 heterocycles. The molecule has 0 spiro atoms. The highest BCUT2D eigenvalue weighted by molar-refractivity contribution is 8.01. The zero-order chi connectivity index (χ0) is 15.2. The SMILES string of the molecule is CC(=O)C(Sc1ccc(C)cc1)C(=O)Nc1ccccc1. The average Bonchev–Trinajstić information content (AvgIpc) is 2.47. The van der Waals surface area contributed by atoms with E-state index in [0.717, 1.165) is 10.5 Å². The Balaban J connectivity index is 2.09. The number of rotatable bonds is 5. The van der Waals surface area contributed by atoms with Crippen molar-refractivity contribution in [1.82, 2.24) is 0 Å². The lowest BCUT2D eigenvalue weighted by Gasteiger charge is -2.14. The molecular formula is C17H17NO2S. The smallest absolute Gasteiger partial charge is 0.245 e. The Bertz CT molecular complexity index is 623. The maximum Gasteiger partial charge on any atom is 0.245 e. The van der Waals surface area contributed by atoms with E-state index in [1.807, 2.05) is 49.4 Å². The molecule has 0 aliphatic heterocycles. The number of carbonyl (C=O) groups excluding carboxylic acids is 2. The summed E-state index contributed by atoms with van der Waals surface area (Å²) in [5, 5.41) is 2.03. The Morgan fingerprint density at radius 3 is 2.19 bits per heavy atom. The van der Waals surface area contributed by atoms with Gasteiger partial charge in [-0.15, -0.1) is 11.8 Å². The molecule has 0 radical (unpaired) electrons. The molecule has 1 unspecified atom stereocenters. The quantitative estimate of drug-likeness (QED) is 0.676. The van der Waals surface area contributed by atoms with Crippen molar-refractivity contribution in [2.75, 3.05) is 5.32 Å². The van der Waals surface area contributed by atoms with Gasteiger partial charge < -0.3 is 5.32 Å². The second kappa shape index (κ2) is 7.09. The van der Waals surface area contributed by atoms with E-state index < -0.39 is 5.25 Å². The fraction of sp³-hybridized carbons (Fsp3) is 0.176. The molecule has 2 rings (SSSR count). The number of benzene rings is 2. The fourth-order valence-corrected chi connectivity index (χ4v) is 2.70. The van der Waals surface area contributed by atoms with Gasteiger partial charge in [0, 0.05) is 10.6 Å². The zero-order valence-corrected chi connectivity index (χ0v) is 12.8. The van der Waals surface area contributed by atoms with E-state index >= 15 is 0 Å². The molecule has 0 saturated carbocycles. The normalized spacial score (nSPS) is 11.7. The first-order valence-corrected chi connectivity index (χ1v) is 7.54. The van der Waals surface area contributed by atoms with Crippen molar-refractivity contribution in [3.05, 3.63) is 60.2 Å². The van der Waals surface area contributed by atoms with Crippen LogP contribution in [0.3, 0.4) is 0 Å². The number of ketones is 1. The standard InChI is InChI=1S/C17H17NO2S/c1-12-8-10-15(11-9-12)21-16(13(2)19)17(20)18-14-6-4-3-5-7-14/h3-11,16H,1-2H3,(H,18,20). The summed E-state index contributed by atoms with van der Waals surface area (Å²) in [5.41, 5.74) is 1.84. The van der Waals surface area contributed by atoms with Gasteiger partial charge in [-0.05, 0) is 38.1 Å². The third-order valence-electron chi connectivity index (χ3n) is 2.92. The largest absolute Gasteiger partial charge is 0.325 e. The van der Waals surface area contributed by atoms with E-state index in [4.69, 9.17) is 0 Å². The summed E-state index contributed by atoms with van der Waals surface area (Å²) in [4.78, 5) is 24.9. The van der Waals surface area contributed by atoms with Crippen LogP contribution in [0.5, 0.6) is 0 Å². The predicted molar refractivity (Wildman–Crippen MR) is 86.6 cm³/mol. The monoisotopic (exact) mass is 299 g/mol. The van der Waals surface area contributed by atoms with Gasteiger partial charge in [-0.25, -0.2) is 0 Å². The number of anilines is 1. The van der Waals surface area contributed by atoms with Crippen molar-refractivity contribution >= 4 is 29.1 Å². The van der Waals surface area contributed by atoms with Crippen molar-refractivity contribution in [3.63, 3.8) is 0 Å². The van der Waals surface area contributed by atoms with E-state index in [1.165, 1.54) is 18.7 Å². The Labute approximate surface area is 128 Å². The number of carbonyl (C=O) groups is 2. The number of amides is 1. The highest BCUT2D eigenvalue weighted by atomic mass is 32.2. The first-order valence-electron chi connectivity index (χ1n) is 6.66. The highest BCUT2D eigenvalue weighted by Crippen LogP contribution is 2.25. The minimum atomic E-state index is -0.743. The summed E-state index contributed by atoms with van der Waals surface area (Å²) in [7, 11) is 0. The number of nitrogens with one attached hydrogen (secondary N) is 1. The number of aryl methyl sites for hydroxylation is 1. The van der Waals surface area contributed by atoms with Crippen LogP contribution in [0.15, 0.2) is 59.5 Å². The van der Waals surface area contributed by atoms with Crippen molar-refractivity contribution in [1.29, 1.82) is 0 Å². The number of Topliss-reactive ketones (excluding diaryl/α,β-unsaturated/α-hetero) is 1. The fourth-order valence-electron chi connectivity index (χ4n) is 1.80. The van der Waals surface area contributed by atoms with Gasteiger partial charge >= 0.3 is 0 Å². The predicted octanol–water partition coefficient (Wildman–Crippen LogP) is 3.68. The molecule has 4 heteroatoms. The molecule has 1 amide bonds. The van der Waals surface area contributed by atoms with Crippen LogP contribution in [0.2, 0.25) is 0 Å². The molecule has 0 aliphatic carbocycles. The van der Waals surface area contributed by atoms with Gasteiger partial charge in [0.25, 0.3) is 0 Å². The minimum absolute atomic E-state index is 0.158. The summed E-state index contributed by atoms with van der Waals surface area (Å²) in [5.74, 6) is -0.451. The molecule has 0 bridgehead atoms. The molecular weight excluding hydrogens is 282 g/mol. The summed E-state index contributed by atoms with van der Waals surface area (Å²) < 4.78 is 0. The minimum Gasteiger partial charge on any atom is -0.325 e. The van der Waals surface area contributed by atoms with Gasteiger partial charge in [-0.2, -0.15) is 0 Å². The van der Waals surface area contributed by atoms with Crippen molar-refractivity contribution in [3.8, 4) is 0 Å². The van der Waals surface area contributed by atoms with E-state index in [-0.39, 0.29) is 11.7 Å². The Kier molecular flexibility index (Phi) is 5.17. The first kappa shape index (κ1) is 15.3. The zero-order valence-electron chi connectivity index (χ0n) is 12.0. The Morgan fingerprint density at radius 1 is 1.00 bits per heavy atom. The molecule has 1 N–H and O–H groups in total. The number of hydrogen-bond acceptors (Lipinski definition) is 3. The van der Waals surface area contributed by atoms with Gasteiger partial charge in [0.2, 0.25) is 5.91 Å². The third kappa shape index (κ3) is 4.46. The molecule has 1 atom stereocenters. The van der Waals surface area contributed by atoms with Crippen LogP contribution in [-0.4, -0.2) is 16.9 Å². The van der Waals surface area contributed by atoms with Gasteiger partial charge in [0.1, 0.15) is 5.25 Å². The molecule has 0 fully saturated rings. The topological polar surface area (TPSA) is 46.2 Å². The molecule has 21 heavy (non-hydrogen) atoms. The average molecular weight is 299 g/mol.